The van der Waals surface area contributed by atoms with Crippen LogP contribution >= 0.6 is 0 Å². The number of carbonyl (C=O) groups is 1. The summed E-state index contributed by atoms with van der Waals surface area (Å²) >= 11 is 0. The third kappa shape index (κ3) is 1.85. The molecule has 1 aromatic rings. The van der Waals surface area contributed by atoms with Crippen LogP contribution in [0.25, 0.3) is 0 Å². The third-order valence-corrected chi connectivity index (χ3v) is 2.91. The molecule has 1 heterocycles. The van der Waals surface area contributed by atoms with Crippen LogP contribution < -0.4 is 5.59 Å². The molecule has 1 atom stereocenters. The van der Waals surface area contributed by atoms with E-state index in [9.17, 15) is 9.90 Å². The van der Waals surface area contributed by atoms with Gasteiger partial charge in [0.05, 0.1) is 6.20 Å². The third-order valence-electron chi connectivity index (χ3n) is 2.91. The van der Waals surface area contributed by atoms with E-state index in [1.165, 1.54) is 11.3 Å². The van der Waals surface area contributed by atoms with Crippen LogP contribution in [0, 0.1) is 6.92 Å². The zero-order valence-electron chi connectivity index (χ0n) is 9.68. The van der Waals surface area contributed by atoms with E-state index in [0.717, 1.165) is 5.56 Å². The smallest absolute Gasteiger partial charge is 0.335 e. The van der Waals surface area contributed by atoms with Crippen molar-refractivity contribution in [3.63, 3.8) is 0 Å². The van der Waals surface area contributed by atoms with Gasteiger partial charge >= 0.3 is 5.97 Å². The van der Waals surface area contributed by atoms with E-state index >= 15 is 0 Å². The Kier molecular flexibility index (Phi) is 2.77. The Morgan fingerprint density at radius 3 is 2.82 bits per heavy atom. The number of hydrogen-bond acceptors (Lipinski definition) is 4. The number of rotatable bonds is 3. The highest BCUT2D eigenvalue weighted by Gasteiger charge is 2.42. The van der Waals surface area contributed by atoms with Crippen molar-refractivity contribution in [2.45, 2.75) is 19.4 Å². The summed E-state index contributed by atoms with van der Waals surface area (Å²) < 4.78 is 0. The summed E-state index contributed by atoms with van der Waals surface area (Å²) in [6.07, 6.45) is 2.95. The van der Waals surface area contributed by atoms with Crippen molar-refractivity contribution in [1.82, 2.24) is 10.6 Å². The molecule has 0 saturated heterocycles. The lowest BCUT2D eigenvalue weighted by molar-refractivity contribution is -0.156. The first-order valence-electron chi connectivity index (χ1n) is 5.23. The molecule has 1 aliphatic rings. The Morgan fingerprint density at radius 2 is 2.29 bits per heavy atom. The van der Waals surface area contributed by atoms with Crippen molar-refractivity contribution in [3.05, 3.63) is 47.9 Å². The van der Waals surface area contributed by atoms with Crippen molar-refractivity contribution in [1.29, 1.82) is 0 Å². The average molecular weight is 234 g/mol. The summed E-state index contributed by atoms with van der Waals surface area (Å²) in [4.78, 5) is 16.4. The minimum Gasteiger partial charge on any atom is -0.479 e. The molecular weight excluding hydrogens is 220 g/mol. The van der Waals surface area contributed by atoms with E-state index in [1.54, 1.807) is 19.2 Å². The van der Waals surface area contributed by atoms with Crippen LogP contribution in [0.1, 0.15) is 18.1 Å². The average Bonchev–Trinajstić information content (AvgIpc) is 2.81. The maximum absolute atomic E-state index is 11.5. The first-order valence-corrected chi connectivity index (χ1v) is 5.23. The number of carboxylic acids is 1. The van der Waals surface area contributed by atoms with Gasteiger partial charge in [-0.2, -0.15) is 0 Å². The van der Waals surface area contributed by atoms with Crippen molar-refractivity contribution in [3.8, 4) is 0 Å². The van der Waals surface area contributed by atoms with E-state index in [4.69, 9.17) is 4.84 Å². The lowest BCUT2D eigenvalue weighted by Gasteiger charge is -2.33. The van der Waals surface area contributed by atoms with Gasteiger partial charge in [-0.05, 0) is 19.4 Å². The Bertz CT molecular complexity index is 473. The fourth-order valence-corrected chi connectivity index (χ4v) is 1.76. The summed E-state index contributed by atoms with van der Waals surface area (Å²) in [7, 11) is 0. The molecule has 1 unspecified atom stereocenters. The first-order chi connectivity index (χ1) is 8.05. The van der Waals surface area contributed by atoms with Gasteiger partial charge in [0.25, 0.3) is 0 Å². The number of carboxylic acid groups (broad SMARTS) is 1. The van der Waals surface area contributed by atoms with Gasteiger partial charge < -0.3 is 9.94 Å². The first kappa shape index (κ1) is 11.5. The predicted molar refractivity (Wildman–Crippen MR) is 61.4 cm³/mol. The fraction of sp³-hybridized carbons (Fsp3) is 0.250. The fourth-order valence-electron chi connectivity index (χ4n) is 1.76. The number of aryl methyl sites for hydroxylation is 1. The van der Waals surface area contributed by atoms with Crippen LogP contribution in [-0.4, -0.2) is 16.1 Å². The van der Waals surface area contributed by atoms with Crippen LogP contribution in [0.4, 0.5) is 0 Å². The van der Waals surface area contributed by atoms with Crippen LogP contribution in [-0.2, 0) is 15.2 Å². The van der Waals surface area contributed by atoms with Crippen molar-refractivity contribution in [2.24, 2.45) is 0 Å². The summed E-state index contributed by atoms with van der Waals surface area (Å²) in [5.41, 5.74) is 3.03. The molecule has 0 amide bonds. The second-order valence-electron chi connectivity index (χ2n) is 4.11. The quantitative estimate of drug-likeness (QED) is 0.830. The van der Waals surface area contributed by atoms with Gasteiger partial charge in [-0.3, -0.25) is 5.01 Å². The number of nitrogens with zero attached hydrogens (tertiary/aromatic N) is 1. The van der Waals surface area contributed by atoms with Gasteiger partial charge in [0.2, 0.25) is 0 Å². The summed E-state index contributed by atoms with van der Waals surface area (Å²) in [6.45, 7) is 3.55. The highest BCUT2D eigenvalue weighted by molar-refractivity contribution is 5.80. The SMILES string of the molecule is Cc1cccc(C(C)(C(=O)O)N2C=CON2)c1. The van der Waals surface area contributed by atoms with E-state index in [-0.39, 0.29) is 0 Å². The maximum Gasteiger partial charge on any atom is 0.335 e. The molecule has 1 aromatic carbocycles. The second-order valence-corrected chi connectivity index (χ2v) is 4.11. The summed E-state index contributed by atoms with van der Waals surface area (Å²) in [6, 6.07) is 7.40. The predicted octanol–water partition coefficient (Wildman–Crippen LogP) is 1.52. The minimum absolute atomic E-state index is 0.688. The van der Waals surface area contributed by atoms with Gasteiger partial charge in [0.15, 0.2) is 5.54 Å². The van der Waals surface area contributed by atoms with E-state index in [0.29, 0.717) is 5.56 Å². The van der Waals surface area contributed by atoms with Gasteiger partial charge in [-0.1, -0.05) is 35.4 Å². The molecule has 2 rings (SSSR count). The van der Waals surface area contributed by atoms with Crippen LogP contribution in [0.3, 0.4) is 0 Å². The van der Waals surface area contributed by atoms with E-state index in [2.05, 4.69) is 5.59 Å². The molecule has 0 bridgehead atoms. The molecule has 0 fully saturated rings. The highest BCUT2D eigenvalue weighted by atomic mass is 16.7. The lowest BCUT2D eigenvalue weighted by atomic mass is 9.90. The van der Waals surface area contributed by atoms with Crippen molar-refractivity contribution < 1.29 is 14.7 Å². The molecule has 0 aliphatic carbocycles. The molecule has 5 heteroatoms. The monoisotopic (exact) mass is 234 g/mol. The molecule has 17 heavy (non-hydrogen) atoms. The summed E-state index contributed by atoms with van der Waals surface area (Å²) in [5, 5.41) is 10.9. The molecule has 1 aliphatic heterocycles. The number of benzene rings is 1. The second kappa shape index (κ2) is 4.10. The molecule has 0 radical (unpaired) electrons. The van der Waals surface area contributed by atoms with Crippen molar-refractivity contribution in [2.75, 3.05) is 0 Å². The number of hydrogen-bond donors (Lipinski definition) is 2. The Hall–Kier alpha value is -2.01. The van der Waals surface area contributed by atoms with Crippen molar-refractivity contribution >= 4 is 5.97 Å². The standard InChI is InChI=1S/C12H14N2O3/c1-9-4-3-5-10(8-9)12(2,11(15)16)14-6-7-17-13-14/h3-8,13H,1-2H3,(H,15,16). The lowest BCUT2D eigenvalue weighted by Crippen LogP contribution is -2.51. The molecular formula is C12H14N2O3. The van der Waals surface area contributed by atoms with Gasteiger partial charge in [0, 0.05) is 0 Å². The van der Waals surface area contributed by atoms with Crippen LogP contribution in [0.2, 0.25) is 0 Å². The largest absolute Gasteiger partial charge is 0.479 e. The molecule has 90 valence electrons. The number of nitrogens with one attached hydrogen (secondary N) is 1. The van der Waals surface area contributed by atoms with Gasteiger partial charge in [-0.25, -0.2) is 4.79 Å². The summed E-state index contributed by atoms with van der Waals surface area (Å²) in [5.74, 6) is -0.953. The van der Waals surface area contributed by atoms with Gasteiger partial charge in [0.1, 0.15) is 6.26 Å². The molecule has 2 N–H and O–H groups in total. The zero-order valence-corrected chi connectivity index (χ0v) is 9.68. The molecule has 0 aromatic heterocycles. The molecule has 5 nitrogen and oxygen atoms in total. The number of hydrazine groups is 1. The Labute approximate surface area is 99.2 Å². The molecule has 0 saturated carbocycles. The number of aliphatic carboxylic acids is 1. The van der Waals surface area contributed by atoms with E-state index in [1.807, 2.05) is 25.1 Å². The van der Waals surface area contributed by atoms with Crippen LogP contribution in [0.5, 0.6) is 0 Å². The van der Waals surface area contributed by atoms with Crippen LogP contribution in [0.15, 0.2) is 36.7 Å². The Balaban J connectivity index is 2.47. The highest BCUT2D eigenvalue weighted by Crippen LogP contribution is 2.29. The topological polar surface area (TPSA) is 61.8 Å². The van der Waals surface area contributed by atoms with Gasteiger partial charge in [-0.15, -0.1) is 0 Å². The Morgan fingerprint density at radius 1 is 1.53 bits per heavy atom. The van der Waals surface area contributed by atoms with E-state index < -0.39 is 11.5 Å². The zero-order chi connectivity index (χ0) is 12.5. The maximum atomic E-state index is 11.5. The minimum atomic E-state index is -1.21. The molecule has 0 spiro atoms. The normalized spacial score (nSPS) is 17.6.